The van der Waals surface area contributed by atoms with E-state index >= 15 is 0 Å². The summed E-state index contributed by atoms with van der Waals surface area (Å²) in [6, 6.07) is 1.92. The van der Waals surface area contributed by atoms with E-state index < -0.39 is 21.2 Å². The lowest BCUT2D eigenvalue weighted by Gasteiger charge is -2.15. The molecule has 1 fully saturated rings. The predicted molar refractivity (Wildman–Crippen MR) is 131 cm³/mol. The van der Waals surface area contributed by atoms with Crippen LogP contribution in [0, 0.1) is 19.8 Å². The summed E-state index contributed by atoms with van der Waals surface area (Å²) >= 11 is 0.888. The van der Waals surface area contributed by atoms with E-state index in [1.807, 2.05) is 0 Å². The Morgan fingerprint density at radius 2 is 2.09 bits per heavy atom. The van der Waals surface area contributed by atoms with Crippen molar-refractivity contribution in [1.29, 1.82) is 0 Å². The second-order valence-electron chi connectivity index (χ2n) is 8.51. The molecule has 0 amide bonds. The number of hydrogen-bond acceptors (Lipinski definition) is 9. The van der Waals surface area contributed by atoms with Gasteiger partial charge in [-0.05, 0) is 44.2 Å². The summed E-state index contributed by atoms with van der Waals surface area (Å²) in [5.74, 6) is -0.00924. The number of thiophene rings is 2. The third kappa shape index (κ3) is 4.88. The maximum absolute atomic E-state index is 12.8. The van der Waals surface area contributed by atoms with Crippen molar-refractivity contribution in [2.75, 3.05) is 12.4 Å². The van der Waals surface area contributed by atoms with Crippen LogP contribution in [0.3, 0.4) is 0 Å². The molecule has 3 N–H and O–H groups in total. The van der Waals surface area contributed by atoms with Crippen LogP contribution < -0.4 is 10.8 Å². The highest BCUT2D eigenvalue weighted by molar-refractivity contribution is 7.91. The van der Waals surface area contributed by atoms with E-state index in [4.69, 9.17) is 4.99 Å². The van der Waals surface area contributed by atoms with Gasteiger partial charge in [0.2, 0.25) is 11.3 Å². The average molecular weight is 530 g/mol. The lowest BCUT2D eigenvalue weighted by atomic mass is 10.0. The standard InChI is InChI=1S/C20H27N5O4S4/c1-10(2)16(15-8-11(3)12(4)31-15)22-19-18(23-32(27)24-19)21-14-9-30-20(17(14)26)33(28,29)25(5)13-6-7-13/h8-10,13,16,26H,6-7H2,1-5H3,(H,21,23)(H,22,24)/t16-,32?/m1/s1. The lowest BCUT2D eigenvalue weighted by molar-refractivity contribution is 0.445. The summed E-state index contributed by atoms with van der Waals surface area (Å²) in [4.78, 5) is 7.12. The maximum atomic E-state index is 12.8. The third-order valence-electron chi connectivity index (χ3n) is 5.62. The van der Waals surface area contributed by atoms with E-state index in [-0.39, 0.29) is 39.5 Å². The summed E-state index contributed by atoms with van der Waals surface area (Å²) in [5.41, 5.74) is 1.68. The number of aryl methyl sites for hydroxylation is 2. The topological polar surface area (TPSA) is 134 Å². The Hall–Kier alpha value is -1.77. The number of aromatic hydroxyl groups is 1. The first-order valence-electron chi connectivity index (χ1n) is 10.5. The second-order valence-corrected chi connectivity index (χ2v) is 13.8. The second kappa shape index (κ2) is 9.12. The van der Waals surface area contributed by atoms with Crippen LogP contribution in [-0.4, -0.2) is 44.2 Å². The van der Waals surface area contributed by atoms with Crippen molar-refractivity contribution in [2.24, 2.45) is 10.9 Å². The smallest absolute Gasteiger partial charge is 0.256 e. The molecule has 3 heterocycles. The Bertz CT molecular complexity index is 1310. The van der Waals surface area contributed by atoms with Gasteiger partial charge in [0.15, 0.2) is 21.1 Å². The van der Waals surface area contributed by atoms with Gasteiger partial charge in [-0.25, -0.2) is 8.42 Å². The van der Waals surface area contributed by atoms with Crippen LogP contribution in [0.1, 0.15) is 48.0 Å². The summed E-state index contributed by atoms with van der Waals surface area (Å²) in [7, 11) is -2.27. The van der Waals surface area contributed by atoms with Crippen molar-refractivity contribution in [2.45, 2.75) is 56.8 Å². The molecule has 0 spiro atoms. The number of aromatic amines is 1. The molecule has 13 heteroatoms. The number of nitrogens with zero attached hydrogens (tertiary/aromatic N) is 3. The highest BCUT2D eigenvalue weighted by atomic mass is 32.2. The molecule has 3 aromatic rings. The van der Waals surface area contributed by atoms with Gasteiger partial charge in [0, 0.05) is 32.6 Å². The van der Waals surface area contributed by atoms with Gasteiger partial charge in [0.05, 0.1) is 11.7 Å². The summed E-state index contributed by atoms with van der Waals surface area (Å²) in [6.45, 7) is 8.25. The van der Waals surface area contributed by atoms with Gasteiger partial charge in [0.1, 0.15) is 0 Å². The number of sulfonamides is 1. The van der Waals surface area contributed by atoms with Crippen molar-refractivity contribution >= 4 is 55.3 Å². The quantitative estimate of drug-likeness (QED) is 0.370. The Kier molecular flexibility index (Phi) is 6.73. The van der Waals surface area contributed by atoms with Crippen LogP contribution in [0.4, 0.5) is 11.5 Å². The normalized spacial score (nSPS) is 16.7. The van der Waals surface area contributed by atoms with Crippen LogP contribution in [0.5, 0.6) is 5.75 Å². The molecule has 0 saturated heterocycles. The molecule has 2 atom stereocenters. The lowest BCUT2D eigenvalue weighted by Crippen LogP contribution is -2.28. The molecule has 9 nitrogen and oxygen atoms in total. The van der Waals surface area contributed by atoms with Gasteiger partial charge in [-0.2, -0.15) is 4.31 Å². The zero-order chi connectivity index (χ0) is 24.1. The zero-order valence-electron chi connectivity index (χ0n) is 18.9. The van der Waals surface area contributed by atoms with Gasteiger partial charge < -0.3 is 15.0 Å². The van der Waals surface area contributed by atoms with Crippen LogP contribution in [0.2, 0.25) is 0 Å². The molecule has 3 aromatic heterocycles. The van der Waals surface area contributed by atoms with E-state index in [0.29, 0.717) is 5.49 Å². The largest absolute Gasteiger partial charge is 0.548 e. The molecule has 4 rings (SSSR count). The highest BCUT2D eigenvalue weighted by Gasteiger charge is 2.38. The van der Waals surface area contributed by atoms with Gasteiger partial charge in [-0.3, -0.25) is 4.99 Å². The first-order valence-corrected chi connectivity index (χ1v) is 14.7. The number of hydrogen-bond donors (Lipinski definition) is 3. The van der Waals surface area contributed by atoms with Crippen LogP contribution >= 0.6 is 33.8 Å². The Morgan fingerprint density at radius 1 is 1.39 bits per heavy atom. The monoisotopic (exact) mass is 529 g/mol. The predicted octanol–water partition coefficient (Wildman–Crippen LogP) is 4.41. The van der Waals surface area contributed by atoms with E-state index in [2.05, 4.69) is 47.8 Å². The molecule has 0 bridgehead atoms. The van der Waals surface area contributed by atoms with Gasteiger partial charge in [-0.15, -0.1) is 27.0 Å². The first kappa shape index (κ1) is 24.4. The molecular weight excluding hydrogens is 503 g/mol. The minimum atomic E-state index is -3.79. The van der Waals surface area contributed by atoms with Gasteiger partial charge in [-0.1, -0.05) is 13.8 Å². The van der Waals surface area contributed by atoms with Crippen molar-refractivity contribution in [3.63, 3.8) is 0 Å². The number of H-pyrrole nitrogens is 1. The van der Waals surface area contributed by atoms with E-state index in [9.17, 15) is 18.1 Å². The molecule has 180 valence electrons. The molecular formula is C20H27N5O4S4. The summed E-state index contributed by atoms with van der Waals surface area (Å²) < 4.78 is 45.8. The molecule has 1 aliphatic rings. The first-order chi connectivity index (χ1) is 15.5. The Balaban J connectivity index is 1.68. The molecule has 0 aliphatic heterocycles. The minimum absolute atomic E-state index is 0.0186. The van der Waals surface area contributed by atoms with Crippen molar-refractivity contribution in [3.8, 4) is 5.75 Å². The van der Waals surface area contributed by atoms with Crippen LogP contribution in [-0.2, 0) is 10.0 Å². The third-order valence-corrected chi connectivity index (χ3v) is 11.0. The highest BCUT2D eigenvalue weighted by Crippen LogP contribution is 2.42. The Labute approximate surface area is 204 Å². The fraction of sp³-hybridized carbons (Fsp3) is 0.500. The molecule has 33 heavy (non-hydrogen) atoms. The fourth-order valence-electron chi connectivity index (χ4n) is 3.38. The zero-order valence-corrected chi connectivity index (χ0v) is 22.2. The van der Waals surface area contributed by atoms with Crippen LogP contribution in [0.15, 0.2) is 20.6 Å². The summed E-state index contributed by atoms with van der Waals surface area (Å²) in [5, 5.41) is 15.1. The molecule has 1 saturated carbocycles. The number of rotatable bonds is 8. The summed E-state index contributed by atoms with van der Waals surface area (Å²) in [6.07, 6.45) is 1.64. The maximum Gasteiger partial charge on any atom is 0.256 e. The van der Waals surface area contributed by atoms with Gasteiger partial charge in [0.25, 0.3) is 10.0 Å². The van der Waals surface area contributed by atoms with Crippen molar-refractivity contribution < 1.29 is 18.1 Å². The molecule has 0 aromatic carbocycles. The number of aromatic nitrogens is 2. The van der Waals surface area contributed by atoms with E-state index in [1.165, 1.54) is 27.2 Å². The van der Waals surface area contributed by atoms with Crippen molar-refractivity contribution in [1.82, 2.24) is 13.1 Å². The van der Waals surface area contributed by atoms with Crippen LogP contribution in [0.25, 0.3) is 0 Å². The minimum Gasteiger partial charge on any atom is -0.548 e. The number of anilines is 2. The fourth-order valence-corrected chi connectivity index (χ4v) is 8.11. The Morgan fingerprint density at radius 3 is 2.67 bits per heavy atom. The van der Waals surface area contributed by atoms with E-state index in [0.717, 1.165) is 29.1 Å². The molecule has 1 aliphatic carbocycles. The molecule has 1 unspecified atom stereocenters. The van der Waals surface area contributed by atoms with Crippen molar-refractivity contribution in [3.05, 3.63) is 32.3 Å². The van der Waals surface area contributed by atoms with E-state index in [1.54, 1.807) is 11.3 Å². The van der Waals surface area contributed by atoms with Gasteiger partial charge >= 0.3 is 0 Å². The SMILES string of the molecule is Cc1cc([C@H](N=c2[nH][s+]([O-])nc2Nc2csc(S(=O)(=O)N(C)C3CC3)c2O)C(C)C)sc1C. The number of nitrogens with one attached hydrogen (secondary N) is 2. The molecule has 0 radical (unpaired) electrons. The average Bonchev–Trinajstić information content (AvgIpc) is 3.33.